The summed E-state index contributed by atoms with van der Waals surface area (Å²) < 4.78 is 5.03. The van der Waals surface area contributed by atoms with Crippen LogP contribution in [0.2, 0.25) is 0 Å². The van der Waals surface area contributed by atoms with Crippen molar-refractivity contribution in [3.63, 3.8) is 0 Å². The highest BCUT2D eigenvalue weighted by Crippen LogP contribution is 2.21. The first-order valence-electron chi connectivity index (χ1n) is 7.48. The number of rotatable bonds is 6. The lowest BCUT2D eigenvalue weighted by atomic mass is 10.3. The van der Waals surface area contributed by atoms with Crippen LogP contribution in [-0.2, 0) is 0 Å². The van der Waals surface area contributed by atoms with Crippen molar-refractivity contribution in [1.29, 1.82) is 0 Å². The Balaban J connectivity index is 1.94. The average Bonchev–Trinajstić information content (AvgIpc) is 3.36. The van der Waals surface area contributed by atoms with Crippen LogP contribution < -0.4 is 16.2 Å². The van der Waals surface area contributed by atoms with E-state index < -0.39 is 17.4 Å². The van der Waals surface area contributed by atoms with Gasteiger partial charge < -0.3 is 15.1 Å². The van der Waals surface area contributed by atoms with Crippen molar-refractivity contribution < 1.29 is 14.0 Å². The summed E-state index contributed by atoms with van der Waals surface area (Å²) in [5, 5.41) is 6.91. The summed E-state index contributed by atoms with van der Waals surface area (Å²) >= 11 is 2.33. The number of nitrogens with zero attached hydrogens (tertiary/aromatic N) is 1. The number of nitrogens with one attached hydrogen (secondary N) is 3. The fourth-order valence-electron chi connectivity index (χ4n) is 2.00. The summed E-state index contributed by atoms with van der Waals surface area (Å²) in [6.07, 6.45) is 6.56. The van der Waals surface area contributed by atoms with Gasteiger partial charge in [0.1, 0.15) is 0 Å². The maximum atomic E-state index is 12.5. The Hall–Kier alpha value is -3.29. The van der Waals surface area contributed by atoms with Crippen LogP contribution in [-0.4, -0.2) is 27.5 Å². The molecule has 3 heterocycles. The van der Waals surface area contributed by atoms with Gasteiger partial charge in [0, 0.05) is 0 Å². The van der Waals surface area contributed by atoms with E-state index in [0.717, 1.165) is 11.8 Å². The first-order chi connectivity index (χ1) is 13.1. The van der Waals surface area contributed by atoms with Gasteiger partial charge in [0.25, 0.3) is 17.4 Å². The maximum absolute atomic E-state index is 12.5. The van der Waals surface area contributed by atoms with Gasteiger partial charge in [-0.2, -0.15) is 0 Å². The summed E-state index contributed by atoms with van der Waals surface area (Å²) in [7, 11) is 0. The quantitative estimate of drug-likeness (QED) is 0.333. The zero-order chi connectivity index (χ0) is 19.2. The monoisotopic (exact) mass is 400 g/mol. The van der Waals surface area contributed by atoms with Crippen LogP contribution in [0.5, 0.6) is 0 Å². The van der Waals surface area contributed by atoms with Gasteiger partial charge >= 0.3 is 0 Å². The van der Waals surface area contributed by atoms with Gasteiger partial charge in [0.15, 0.2) is 22.4 Å². The number of carbonyl (C=O) groups excluding carboxylic acids is 2. The molecule has 0 fully saturated rings. The van der Waals surface area contributed by atoms with E-state index in [0.29, 0.717) is 4.88 Å². The number of thioether (sulfide) groups is 1. The van der Waals surface area contributed by atoms with Gasteiger partial charge in [0.05, 0.1) is 16.9 Å². The number of carbonyl (C=O) groups is 2. The molecule has 0 unspecified atom stereocenters. The molecule has 0 aliphatic heterocycles. The molecule has 3 aromatic heterocycles. The molecular formula is C17H12N4O4S2. The third kappa shape index (κ3) is 4.46. The fourth-order valence-corrected chi connectivity index (χ4v) is 3.16. The first-order valence-corrected chi connectivity index (χ1v) is 9.35. The molecule has 3 rings (SSSR count). The fraction of sp³-hybridized carbons (Fsp3) is 0.0588. The molecule has 0 aliphatic carbocycles. The van der Waals surface area contributed by atoms with E-state index >= 15 is 0 Å². The van der Waals surface area contributed by atoms with E-state index in [-0.39, 0.29) is 28.2 Å². The van der Waals surface area contributed by atoms with Crippen molar-refractivity contribution in [1.82, 2.24) is 9.97 Å². The minimum atomic E-state index is -0.621. The first kappa shape index (κ1) is 18.5. The van der Waals surface area contributed by atoms with Crippen LogP contribution >= 0.6 is 23.1 Å². The van der Waals surface area contributed by atoms with Crippen molar-refractivity contribution in [3.05, 3.63) is 56.9 Å². The molecule has 0 bridgehead atoms. The summed E-state index contributed by atoms with van der Waals surface area (Å²) in [5.41, 5.74) is -0.803. The summed E-state index contributed by atoms with van der Waals surface area (Å²) in [6, 6.07) is 6.33. The maximum Gasteiger partial charge on any atom is 0.292 e. The van der Waals surface area contributed by atoms with Crippen molar-refractivity contribution in [3.8, 4) is 12.3 Å². The van der Waals surface area contributed by atoms with E-state index in [1.807, 2.05) is 0 Å². The molecule has 27 heavy (non-hydrogen) atoms. The van der Waals surface area contributed by atoms with E-state index in [1.165, 1.54) is 23.7 Å². The lowest BCUT2D eigenvalue weighted by molar-refractivity contribution is 0.0993. The normalized spacial score (nSPS) is 10.2. The van der Waals surface area contributed by atoms with Gasteiger partial charge in [-0.3, -0.25) is 19.4 Å². The van der Waals surface area contributed by atoms with E-state index in [2.05, 4.69) is 26.5 Å². The molecule has 0 radical (unpaired) electrons. The highest BCUT2D eigenvalue weighted by molar-refractivity contribution is 7.99. The molecule has 0 aliphatic rings. The highest BCUT2D eigenvalue weighted by atomic mass is 32.2. The zero-order valence-electron chi connectivity index (χ0n) is 13.6. The largest absolute Gasteiger partial charge is 0.459 e. The summed E-state index contributed by atoms with van der Waals surface area (Å²) in [5.74, 6) is 1.51. The van der Waals surface area contributed by atoms with Crippen LogP contribution in [0.4, 0.5) is 11.5 Å². The van der Waals surface area contributed by atoms with Crippen molar-refractivity contribution in [2.45, 2.75) is 5.16 Å². The Morgan fingerprint density at radius 3 is 2.81 bits per heavy atom. The van der Waals surface area contributed by atoms with Gasteiger partial charge in [-0.05, 0) is 23.6 Å². The molecule has 0 saturated carbocycles. The topological polar surface area (TPSA) is 117 Å². The van der Waals surface area contributed by atoms with E-state index in [1.54, 1.807) is 23.6 Å². The molecule has 8 nitrogen and oxygen atoms in total. The molecule has 3 aromatic rings. The number of thiophene rings is 1. The molecule has 0 spiro atoms. The number of furan rings is 1. The molecule has 136 valence electrons. The predicted octanol–water partition coefficient (Wildman–Crippen LogP) is 2.65. The lowest BCUT2D eigenvalue weighted by Gasteiger charge is -2.11. The number of hydrogen-bond donors (Lipinski definition) is 3. The summed E-state index contributed by atoms with van der Waals surface area (Å²) in [6.45, 7) is 0. The average molecular weight is 400 g/mol. The third-order valence-corrected chi connectivity index (χ3v) is 4.80. The smallest absolute Gasteiger partial charge is 0.292 e. The lowest BCUT2D eigenvalue weighted by Crippen LogP contribution is -2.24. The number of amides is 2. The number of H-pyrrole nitrogens is 1. The molecule has 3 N–H and O–H groups in total. The molecule has 2 amide bonds. The van der Waals surface area contributed by atoms with Gasteiger partial charge in [0.2, 0.25) is 0 Å². The van der Waals surface area contributed by atoms with Crippen LogP contribution in [0.3, 0.4) is 0 Å². The van der Waals surface area contributed by atoms with Gasteiger partial charge in [-0.25, -0.2) is 4.98 Å². The Kier molecular flexibility index (Phi) is 5.75. The Morgan fingerprint density at radius 2 is 2.15 bits per heavy atom. The SMILES string of the molecule is C#CCSc1nc(NC(=O)c2ccco2)c(NC(=O)c2cccs2)c(=O)[nH]1. The molecule has 0 aromatic carbocycles. The summed E-state index contributed by atoms with van der Waals surface area (Å²) in [4.78, 5) is 44.1. The van der Waals surface area contributed by atoms with Crippen molar-refractivity contribution in [2.75, 3.05) is 16.4 Å². The number of aromatic amines is 1. The minimum absolute atomic E-state index is 0.0328. The van der Waals surface area contributed by atoms with Gasteiger partial charge in [-0.15, -0.1) is 17.8 Å². The number of terminal acetylenes is 1. The molecule has 0 atom stereocenters. The second-order valence-corrected chi connectivity index (χ2v) is 6.86. The van der Waals surface area contributed by atoms with Crippen LogP contribution in [0, 0.1) is 12.3 Å². The zero-order valence-corrected chi connectivity index (χ0v) is 15.3. The predicted molar refractivity (Wildman–Crippen MR) is 103 cm³/mol. The van der Waals surface area contributed by atoms with Crippen LogP contribution in [0.1, 0.15) is 20.2 Å². The minimum Gasteiger partial charge on any atom is -0.459 e. The Bertz CT molecular complexity index is 1050. The molecule has 10 heteroatoms. The molecular weight excluding hydrogens is 388 g/mol. The Labute approximate surface area is 161 Å². The second kappa shape index (κ2) is 8.39. The second-order valence-electron chi connectivity index (χ2n) is 4.95. The number of aromatic nitrogens is 2. The van der Waals surface area contributed by atoms with Gasteiger partial charge in [-0.1, -0.05) is 23.7 Å². The van der Waals surface area contributed by atoms with E-state index in [9.17, 15) is 14.4 Å². The standard InChI is InChI=1S/C17H12N4O4S2/c1-2-8-27-17-20-13(19-14(22)10-5-3-7-25-10)12(16(24)21-17)18-15(23)11-6-4-9-26-11/h1,3-7,9H,8H2,(H,18,23)(H2,19,20,21,22,24). The number of hydrogen-bond acceptors (Lipinski definition) is 7. The Morgan fingerprint density at radius 1 is 1.30 bits per heavy atom. The third-order valence-electron chi connectivity index (χ3n) is 3.15. The number of anilines is 2. The molecule has 0 saturated heterocycles. The highest BCUT2D eigenvalue weighted by Gasteiger charge is 2.19. The van der Waals surface area contributed by atoms with Crippen molar-refractivity contribution in [2.24, 2.45) is 0 Å². The van der Waals surface area contributed by atoms with E-state index in [4.69, 9.17) is 10.8 Å². The van der Waals surface area contributed by atoms with Crippen molar-refractivity contribution >= 4 is 46.4 Å². The van der Waals surface area contributed by atoms with Crippen LogP contribution in [0.15, 0.2) is 50.3 Å². The van der Waals surface area contributed by atoms with Crippen LogP contribution in [0.25, 0.3) is 0 Å².